The van der Waals surface area contributed by atoms with Crippen LogP contribution in [0.25, 0.3) is 11.8 Å². The van der Waals surface area contributed by atoms with Crippen molar-refractivity contribution in [2.75, 3.05) is 0 Å². The molecule has 1 heterocycles. The van der Waals surface area contributed by atoms with Gasteiger partial charge in [-0.1, -0.05) is 18.2 Å². The fourth-order valence-corrected chi connectivity index (χ4v) is 3.04. The molecule has 0 saturated heterocycles. The van der Waals surface area contributed by atoms with Crippen molar-refractivity contribution in [1.29, 1.82) is 0 Å². The van der Waals surface area contributed by atoms with Crippen molar-refractivity contribution in [2.24, 2.45) is 0 Å². The van der Waals surface area contributed by atoms with Gasteiger partial charge < -0.3 is 9.67 Å². The first-order valence-electron chi connectivity index (χ1n) is 7.86. The molecule has 3 aromatic rings. The third-order valence-electron chi connectivity index (χ3n) is 4.33. The maximum Gasteiger partial charge on any atom is 0.189 e. The maximum absolute atomic E-state index is 12.6. The lowest BCUT2D eigenvalue weighted by molar-refractivity contribution is 0.102. The molecular formula is C20H16N2O2. The number of nitrogens with zero attached hydrogens (tertiary/aromatic N) is 2. The quantitative estimate of drug-likeness (QED) is 0.732. The standard InChI is InChI=1S/C20H16N2O2/c23-18-8-5-15-3-4-16(20(24)19(15)12-18)11-14-1-6-17(7-2-14)22-10-9-21-13-22/h1-2,5-13,23H,3-4H2. The Bertz CT molecular complexity index is 923. The highest BCUT2D eigenvalue weighted by molar-refractivity contribution is 6.13. The summed E-state index contributed by atoms with van der Waals surface area (Å²) in [5.41, 5.74) is 4.42. The van der Waals surface area contributed by atoms with Crippen molar-refractivity contribution < 1.29 is 9.90 Å². The summed E-state index contributed by atoms with van der Waals surface area (Å²) >= 11 is 0. The Balaban J connectivity index is 1.63. The largest absolute Gasteiger partial charge is 0.508 e. The number of hydrogen-bond donors (Lipinski definition) is 1. The summed E-state index contributed by atoms with van der Waals surface area (Å²) in [5.74, 6) is 0.138. The predicted octanol–water partition coefficient (Wildman–Crippen LogP) is 3.79. The number of allylic oxidation sites excluding steroid dienone is 1. The zero-order valence-electron chi connectivity index (χ0n) is 13.0. The molecule has 1 aromatic heterocycles. The second-order valence-electron chi connectivity index (χ2n) is 5.90. The van der Waals surface area contributed by atoms with Gasteiger partial charge in [-0.3, -0.25) is 4.79 Å². The molecular weight excluding hydrogens is 300 g/mol. The molecule has 0 bridgehead atoms. The number of aromatic hydroxyl groups is 1. The van der Waals surface area contributed by atoms with Gasteiger partial charge in [0.15, 0.2) is 5.78 Å². The van der Waals surface area contributed by atoms with Gasteiger partial charge in [0, 0.05) is 29.2 Å². The number of fused-ring (bicyclic) bond motifs is 1. The van der Waals surface area contributed by atoms with Crippen molar-refractivity contribution in [3.8, 4) is 11.4 Å². The molecule has 4 heteroatoms. The van der Waals surface area contributed by atoms with E-state index in [-0.39, 0.29) is 11.5 Å². The molecule has 4 nitrogen and oxygen atoms in total. The van der Waals surface area contributed by atoms with Crippen LogP contribution < -0.4 is 0 Å². The van der Waals surface area contributed by atoms with Crippen LogP contribution in [0.2, 0.25) is 0 Å². The summed E-state index contributed by atoms with van der Waals surface area (Å²) in [7, 11) is 0. The molecule has 0 amide bonds. The van der Waals surface area contributed by atoms with Crippen molar-refractivity contribution in [1.82, 2.24) is 9.55 Å². The summed E-state index contributed by atoms with van der Waals surface area (Å²) in [6.07, 6.45) is 8.86. The smallest absolute Gasteiger partial charge is 0.189 e. The van der Waals surface area contributed by atoms with Crippen LogP contribution in [0.15, 0.2) is 66.8 Å². The molecule has 0 radical (unpaired) electrons. The highest BCUT2D eigenvalue weighted by Gasteiger charge is 2.22. The first-order chi connectivity index (χ1) is 11.7. The van der Waals surface area contributed by atoms with Gasteiger partial charge in [0.25, 0.3) is 0 Å². The van der Waals surface area contributed by atoms with E-state index < -0.39 is 0 Å². The van der Waals surface area contributed by atoms with Crippen LogP contribution in [0.5, 0.6) is 5.75 Å². The van der Waals surface area contributed by atoms with Gasteiger partial charge >= 0.3 is 0 Å². The number of hydrogen-bond acceptors (Lipinski definition) is 3. The third-order valence-corrected chi connectivity index (χ3v) is 4.33. The van der Waals surface area contributed by atoms with Crippen molar-refractivity contribution in [3.63, 3.8) is 0 Å². The minimum atomic E-state index is 0.00540. The summed E-state index contributed by atoms with van der Waals surface area (Å²) in [6.45, 7) is 0. The topological polar surface area (TPSA) is 55.1 Å². The van der Waals surface area contributed by atoms with Crippen LogP contribution in [0, 0.1) is 0 Å². The number of rotatable bonds is 2. The van der Waals surface area contributed by atoms with Gasteiger partial charge in [-0.05, 0) is 54.3 Å². The second-order valence-corrected chi connectivity index (χ2v) is 5.90. The molecule has 1 aliphatic carbocycles. The van der Waals surface area contributed by atoms with Gasteiger partial charge in [-0.25, -0.2) is 4.98 Å². The number of ketones is 1. The number of phenols is 1. The summed E-state index contributed by atoms with van der Waals surface area (Å²) in [5, 5.41) is 9.62. The highest BCUT2D eigenvalue weighted by Crippen LogP contribution is 2.29. The average Bonchev–Trinajstić information content (AvgIpc) is 3.13. The van der Waals surface area contributed by atoms with E-state index in [2.05, 4.69) is 4.98 Å². The average molecular weight is 316 g/mol. The number of carbonyl (C=O) groups is 1. The fraction of sp³-hybridized carbons (Fsp3) is 0.100. The molecule has 118 valence electrons. The number of Topliss-reactive ketones (excluding diaryl/α,β-unsaturated/α-hetero) is 1. The van der Waals surface area contributed by atoms with Crippen molar-refractivity contribution in [3.05, 3.63) is 83.4 Å². The van der Waals surface area contributed by atoms with Crippen LogP contribution in [0.1, 0.15) is 27.9 Å². The predicted molar refractivity (Wildman–Crippen MR) is 92.3 cm³/mol. The molecule has 0 saturated carbocycles. The van der Waals surface area contributed by atoms with Gasteiger partial charge in [0.2, 0.25) is 0 Å². The zero-order chi connectivity index (χ0) is 16.5. The van der Waals surface area contributed by atoms with Gasteiger partial charge in [0.1, 0.15) is 5.75 Å². The molecule has 0 spiro atoms. The molecule has 1 N–H and O–H groups in total. The van der Waals surface area contributed by atoms with E-state index in [1.165, 1.54) is 0 Å². The van der Waals surface area contributed by atoms with E-state index in [4.69, 9.17) is 0 Å². The van der Waals surface area contributed by atoms with Crippen LogP contribution in [-0.2, 0) is 6.42 Å². The highest BCUT2D eigenvalue weighted by atomic mass is 16.3. The Morgan fingerprint density at radius 3 is 2.67 bits per heavy atom. The van der Waals surface area contributed by atoms with E-state index >= 15 is 0 Å². The number of benzene rings is 2. The Kier molecular flexibility index (Phi) is 3.50. The SMILES string of the molecule is O=C1C(=Cc2ccc(-n3ccnc3)cc2)CCc2ccc(O)cc21. The van der Waals surface area contributed by atoms with E-state index in [9.17, 15) is 9.90 Å². The molecule has 0 atom stereocenters. The lowest BCUT2D eigenvalue weighted by Crippen LogP contribution is -2.13. The summed E-state index contributed by atoms with van der Waals surface area (Å²) in [6, 6.07) is 13.0. The zero-order valence-corrected chi connectivity index (χ0v) is 13.0. The molecule has 2 aromatic carbocycles. The Hall–Kier alpha value is -3.14. The normalized spacial score (nSPS) is 15.5. The molecule has 1 aliphatic rings. The molecule has 0 aliphatic heterocycles. The first-order valence-corrected chi connectivity index (χ1v) is 7.86. The van der Waals surface area contributed by atoms with E-state index in [0.29, 0.717) is 5.56 Å². The number of carbonyl (C=O) groups excluding carboxylic acids is 1. The second kappa shape index (κ2) is 5.81. The Morgan fingerprint density at radius 1 is 1.08 bits per heavy atom. The fourth-order valence-electron chi connectivity index (χ4n) is 3.04. The molecule has 0 fully saturated rings. The molecule has 24 heavy (non-hydrogen) atoms. The number of imidazole rings is 1. The third kappa shape index (κ3) is 2.63. The number of aromatic nitrogens is 2. The van der Waals surface area contributed by atoms with E-state index in [1.807, 2.05) is 47.2 Å². The van der Waals surface area contributed by atoms with Crippen LogP contribution in [0.3, 0.4) is 0 Å². The van der Waals surface area contributed by atoms with Gasteiger partial charge in [-0.15, -0.1) is 0 Å². The summed E-state index contributed by atoms with van der Waals surface area (Å²) in [4.78, 5) is 16.7. The van der Waals surface area contributed by atoms with Crippen molar-refractivity contribution in [2.45, 2.75) is 12.8 Å². The first kappa shape index (κ1) is 14.5. The minimum absolute atomic E-state index is 0.00540. The number of aryl methyl sites for hydroxylation is 1. The van der Waals surface area contributed by atoms with Crippen molar-refractivity contribution >= 4 is 11.9 Å². The van der Waals surface area contributed by atoms with E-state index in [1.54, 1.807) is 24.7 Å². The summed E-state index contributed by atoms with van der Waals surface area (Å²) < 4.78 is 1.93. The monoisotopic (exact) mass is 316 g/mol. The lowest BCUT2D eigenvalue weighted by atomic mass is 9.86. The van der Waals surface area contributed by atoms with Crippen LogP contribution in [0.4, 0.5) is 0 Å². The van der Waals surface area contributed by atoms with Crippen LogP contribution in [-0.4, -0.2) is 20.4 Å². The van der Waals surface area contributed by atoms with Gasteiger partial charge in [-0.2, -0.15) is 0 Å². The molecule has 4 rings (SSSR count). The lowest BCUT2D eigenvalue weighted by Gasteiger charge is -2.17. The Labute approximate surface area is 139 Å². The minimum Gasteiger partial charge on any atom is -0.508 e. The maximum atomic E-state index is 12.6. The molecule has 0 unspecified atom stereocenters. The van der Waals surface area contributed by atoms with Gasteiger partial charge in [0.05, 0.1) is 6.33 Å². The van der Waals surface area contributed by atoms with Crippen LogP contribution >= 0.6 is 0 Å². The Morgan fingerprint density at radius 2 is 1.92 bits per heavy atom. The number of phenolic OH excluding ortho intramolecular Hbond substituents is 1. The van der Waals surface area contributed by atoms with E-state index in [0.717, 1.165) is 35.2 Å².